The molecule has 0 spiro atoms. The summed E-state index contributed by atoms with van der Waals surface area (Å²) in [7, 11) is 0. The van der Waals surface area contributed by atoms with Gasteiger partial charge in [0.15, 0.2) is 0 Å². The molecule has 0 atom stereocenters. The predicted octanol–water partition coefficient (Wildman–Crippen LogP) is 1.26. The Morgan fingerprint density at radius 3 is 2.52 bits per heavy atom. The summed E-state index contributed by atoms with van der Waals surface area (Å²) in [6.45, 7) is 3.19. The van der Waals surface area contributed by atoms with Gasteiger partial charge in [-0.05, 0) is 19.3 Å². The van der Waals surface area contributed by atoms with Gasteiger partial charge >= 0.3 is 6.03 Å². The van der Waals surface area contributed by atoms with Crippen LogP contribution in [0.2, 0.25) is 0 Å². The number of urea groups is 1. The van der Waals surface area contributed by atoms with E-state index < -0.39 is 0 Å². The van der Waals surface area contributed by atoms with E-state index in [4.69, 9.17) is 4.74 Å². The summed E-state index contributed by atoms with van der Waals surface area (Å²) in [6, 6.07) is 0.231. The van der Waals surface area contributed by atoms with Crippen LogP contribution in [0.4, 0.5) is 4.79 Å². The highest BCUT2D eigenvalue weighted by molar-refractivity contribution is 5.76. The molecular formula is C15H27N3O3. The average Bonchev–Trinajstić information content (AvgIpc) is 2.53. The lowest BCUT2D eigenvalue weighted by Crippen LogP contribution is -2.43. The maximum atomic E-state index is 11.9. The molecule has 1 heterocycles. The Hall–Kier alpha value is -1.30. The van der Waals surface area contributed by atoms with E-state index in [0.717, 1.165) is 12.8 Å². The second-order valence-electron chi connectivity index (χ2n) is 5.83. The van der Waals surface area contributed by atoms with Gasteiger partial charge in [0.25, 0.3) is 0 Å². The van der Waals surface area contributed by atoms with Crippen LogP contribution >= 0.6 is 0 Å². The quantitative estimate of drug-likeness (QED) is 0.751. The Bertz CT molecular complexity index is 337. The van der Waals surface area contributed by atoms with Crippen LogP contribution in [0.1, 0.15) is 44.9 Å². The van der Waals surface area contributed by atoms with Crippen molar-refractivity contribution in [3.05, 3.63) is 0 Å². The van der Waals surface area contributed by atoms with Gasteiger partial charge in [-0.1, -0.05) is 19.3 Å². The number of carbonyl (C=O) groups excluding carboxylic acids is 2. The summed E-state index contributed by atoms with van der Waals surface area (Å²) in [5.74, 6) is 0.160. The first kappa shape index (κ1) is 16.1. The normalized spacial score (nSPS) is 20.1. The zero-order chi connectivity index (χ0) is 14.9. The highest BCUT2D eigenvalue weighted by atomic mass is 16.5. The molecule has 21 heavy (non-hydrogen) atoms. The average molecular weight is 297 g/mol. The molecule has 2 aliphatic rings. The van der Waals surface area contributed by atoms with E-state index in [0.29, 0.717) is 51.7 Å². The van der Waals surface area contributed by atoms with Crippen molar-refractivity contribution >= 4 is 11.9 Å². The molecule has 0 bridgehead atoms. The number of nitrogens with zero attached hydrogens (tertiary/aromatic N) is 1. The van der Waals surface area contributed by atoms with Gasteiger partial charge in [0.05, 0.1) is 13.2 Å². The van der Waals surface area contributed by atoms with Gasteiger partial charge in [-0.2, -0.15) is 0 Å². The van der Waals surface area contributed by atoms with Crippen molar-refractivity contribution in [1.82, 2.24) is 15.5 Å². The lowest BCUT2D eigenvalue weighted by Gasteiger charge is -2.27. The number of ether oxygens (including phenoxy) is 1. The molecular weight excluding hydrogens is 270 g/mol. The summed E-state index contributed by atoms with van der Waals surface area (Å²) in [5, 5.41) is 5.85. The summed E-state index contributed by atoms with van der Waals surface area (Å²) < 4.78 is 5.22. The number of carbonyl (C=O) groups is 2. The zero-order valence-electron chi connectivity index (χ0n) is 12.7. The fourth-order valence-corrected chi connectivity index (χ4v) is 2.90. The van der Waals surface area contributed by atoms with Crippen LogP contribution in [-0.4, -0.2) is 55.7 Å². The van der Waals surface area contributed by atoms with Crippen molar-refractivity contribution in [3.8, 4) is 0 Å². The lowest BCUT2D eigenvalue weighted by molar-refractivity contribution is -0.135. The third-order valence-electron chi connectivity index (χ3n) is 4.16. The third kappa shape index (κ3) is 5.91. The van der Waals surface area contributed by atoms with E-state index in [1.165, 1.54) is 19.3 Å². The molecule has 1 saturated carbocycles. The van der Waals surface area contributed by atoms with Crippen LogP contribution in [0.5, 0.6) is 0 Å². The Balaban J connectivity index is 1.52. The first-order valence-electron chi connectivity index (χ1n) is 8.15. The van der Waals surface area contributed by atoms with Crippen LogP contribution in [0.15, 0.2) is 0 Å². The van der Waals surface area contributed by atoms with Gasteiger partial charge in [-0.15, -0.1) is 0 Å². The number of rotatable bonds is 5. The number of hydrogen-bond donors (Lipinski definition) is 2. The molecule has 1 aliphatic carbocycles. The fraction of sp³-hybridized carbons (Fsp3) is 0.867. The lowest BCUT2D eigenvalue weighted by atomic mass is 9.96. The molecule has 0 radical (unpaired) electrons. The molecule has 0 aromatic heterocycles. The highest BCUT2D eigenvalue weighted by Crippen LogP contribution is 2.17. The predicted molar refractivity (Wildman–Crippen MR) is 80.0 cm³/mol. The Morgan fingerprint density at radius 1 is 1.10 bits per heavy atom. The minimum atomic E-state index is -0.0966. The maximum absolute atomic E-state index is 11.9. The number of morpholine rings is 1. The van der Waals surface area contributed by atoms with Gasteiger partial charge in [0, 0.05) is 32.1 Å². The second-order valence-corrected chi connectivity index (χ2v) is 5.83. The molecule has 120 valence electrons. The van der Waals surface area contributed by atoms with Gasteiger partial charge in [0.2, 0.25) is 5.91 Å². The summed E-state index contributed by atoms with van der Waals surface area (Å²) in [6.07, 6.45) is 7.05. The summed E-state index contributed by atoms with van der Waals surface area (Å²) in [4.78, 5) is 25.5. The van der Waals surface area contributed by atoms with Crippen LogP contribution < -0.4 is 10.6 Å². The third-order valence-corrected chi connectivity index (χ3v) is 4.16. The molecule has 2 N–H and O–H groups in total. The Labute approximate surface area is 126 Å². The molecule has 6 nitrogen and oxygen atoms in total. The van der Waals surface area contributed by atoms with E-state index in [9.17, 15) is 9.59 Å². The minimum Gasteiger partial charge on any atom is -0.378 e. The van der Waals surface area contributed by atoms with Crippen molar-refractivity contribution in [3.63, 3.8) is 0 Å². The van der Waals surface area contributed by atoms with Crippen molar-refractivity contribution in [2.75, 3.05) is 32.8 Å². The van der Waals surface area contributed by atoms with Gasteiger partial charge in [-0.3, -0.25) is 4.79 Å². The van der Waals surface area contributed by atoms with E-state index in [1.54, 1.807) is 0 Å². The van der Waals surface area contributed by atoms with Crippen LogP contribution in [0.25, 0.3) is 0 Å². The second kappa shape index (κ2) is 8.87. The Morgan fingerprint density at radius 2 is 1.81 bits per heavy atom. The van der Waals surface area contributed by atoms with E-state index in [-0.39, 0.29) is 11.9 Å². The van der Waals surface area contributed by atoms with Crippen LogP contribution in [0.3, 0.4) is 0 Å². The first-order chi connectivity index (χ1) is 10.3. The van der Waals surface area contributed by atoms with Gasteiger partial charge in [-0.25, -0.2) is 4.79 Å². The highest BCUT2D eigenvalue weighted by Gasteiger charge is 2.17. The molecule has 0 aromatic carbocycles. The molecule has 0 aromatic rings. The molecule has 0 unspecified atom stereocenters. The SMILES string of the molecule is O=C(NCCCC(=O)N1CCOCC1)NC1CCCCC1. The number of amides is 3. The van der Waals surface area contributed by atoms with Gasteiger partial charge in [0.1, 0.15) is 0 Å². The molecule has 1 aliphatic heterocycles. The van der Waals surface area contributed by atoms with Crippen molar-refractivity contribution in [2.24, 2.45) is 0 Å². The van der Waals surface area contributed by atoms with E-state index >= 15 is 0 Å². The van der Waals surface area contributed by atoms with Gasteiger partial charge < -0.3 is 20.3 Å². The van der Waals surface area contributed by atoms with Crippen molar-refractivity contribution in [2.45, 2.75) is 51.0 Å². The number of hydrogen-bond acceptors (Lipinski definition) is 3. The monoisotopic (exact) mass is 297 g/mol. The fourth-order valence-electron chi connectivity index (χ4n) is 2.90. The minimum absolute atomic E-state index is 0.0966. The first-order valence-corrected chi connectivity index (χ1v) is 8.15. The largest absolute Gasteiger partial charge is 0.378 e. The molecule has 3 amide bonds. The zero-order valence-corrected chi connectivity index (χ0v) is 12.7. The Kier molecular flexibility index (Phi) is 6.79. The molecule has 6 heteroatoms. The standard InChI is InChI=1S/C15H27N3O3/c19-14(18-9-11-21-12-10-18)7-4-8-16-15(20)17-13-5-2-1-3-6-13/h13H,1-12H2,(H2,16,17,20). The maximum Gasteiger partial charge on any atom is 0.315 e. The summed E-state index contributed by atoms with van der Waals surface area (Å²) >= 11 is 0. The van der Waals surface area contributed by atoms with Crippen molar-refractivity contribution < 1.29 is 14.3 Å². The summed E-state index contributed by atoms with van der Waals surface area (Å²) in [5.41, 5.74) is 0. The molecule has 2 rings (SSSR count). The number of nitrogens with one attached hydrogen (secondary N) is 2. The molecule has 2 fully saturated rings. The molecule has 1 saturated heterocycles. The van der Waals surface area contributed by atoms with Crippen LogP contribution in [0, 0.1) is 0 Å². The smallest absolute Gasteiger partial charge is 0.315 e. The van der Waals surface area contributed by atoms with Crippen LogP contribution in [-0.2, 0) is 9.53 Å². The topological polar surface area (TPSA) is 70.7 Å². The van der Waals surface area contributed by atoms with E-state index in [1.807, 2.05) is 4.90 Å². The van der Waals surface area contributed by atoms with Crippen molar-refractivity contribution in [1.29, 1.82) is 0 Å². The van der Waals surface area contributed by atoms with E-state index in [2.05, 4.69) is 10.6 Å².